The Morgan fingerprint density at radius 3 is 2.53 bits per heavy atom. The molecule has 15 heavy (non-hydrogen) atoms. The topological polar surface area (TPSA) is 21.7 Å². The van der Waals surface area contributed by atoms with Gasteiger partial charge in [-0.1, -0.05) is 13.8 Å². The molecule has 0 aliphatic carbocycles. The highest BCUT2D eigenvalue weighted by Crippen LogP contribution is 2.30. The molecule has 0 radical (unpaired) electrons. The van der Waals surface area contributed by atoms with Crippen LogP contribution in [0.5, 0.6) is 0 Å². The van der Waals surface area contributed by atoms with E-state index >= 15 is 0 Å². The van der Waals surface area contributed by atoms with Crippen molar-refractivity contribution < 1.29 is 22.8 Å². The Morgan fingerprint density at radius 2 is 2.07 bits per heavy atom. The summed E-state index contributed by atoms with van der Waals surface area (Å²) in [6.07, 6.45) is -1.59. The van der Waals surface area contributed by atoms with Crippen molar-refractivity contribution >= 4 is 0 Å². The lowest BCUT2D eigenvalue weighted by atomic mass is 10.00. The minimum atomic E-state index is -4.71. The lowest BCUT2D eigenvalue weighted by Gasteiger charge is -2.24. The van der Waals surface area contributed by atoms with Crippen molar-refractivity contribution in [2.75, 3.05) is 6.61 Å². The van der Waals surface area contributed by atoms with E-state index in [1.165, 1.54) is 0 Å². The third-order valence-corrected chi connectivity index (χ3v) is 2.29. The molecule has 0 fully saturated rings. The summed E-state index contributed by atoms with van der Waals surface area (Å²) in [6, 6.07) is 0. The second-order valence-electron chi connectivity index (χ2n) is 3.23. The maximum Gasteiger partial charge on any atom is 0.545 e. The van der Waals surface area contributed by atoms with Crippen LogP contribution in [-0.4, -0.2) is 18.2 Å². The van der Waals surface area contributed by atoms with Crippen LogP contribution in [0.2, 0.25) is 0 Å². The first-order chi connectivity index (χ1) is 6.98. The van der Waals surface area contributed by atoms with Crippen molar-refractivity contribution in [3.63, 3.8) is 0 Å². The van der Waals surface area contributed by atoms with E-state index in [-0.39, 0.29) is 12.5 Å². The van der Waals surface area contributed by atoms with Gasteiger partial charge in [0.2, 0.25) is 0 Å². The van der Waals surface area contributed by atoms with Gasteiger partial charge in [-0.2, -0.15) is 0 Å². The molecule has 0 aromatic carbocycles. The molecule has 0 aromatic heterocycles. The molecule has 0 atom stereocenters. The summed E-state index contributed by atoms with van der Waals surface area (Å²) >= 11 is 0. The molecular formula is C9H14F3NO2. The summed E-state index contributed by atoms with van der Waals surface area (Å²) in [5, 5.41) is 0.484. The van der Waals surface area contributed by atoms with E-state index in [0.29, 0.717) is 10.9 Å². The van der Waals surface area contributed by atoms with Gasteiger partial charge in [-0.3, -0.25) is 0 Å². The predicted octanol–water partition coefficient (Wildman–Crippen LogP) is 3.01. The zero-order chi connectivity index (χ0) is 11.5. The molecule has 6 heteroatoms. The van der Waals surface area contributed by atoms with Crippen LogP contribution in [0.3, 0.4) is 0 Å². The number of hydroxylamine groups is 2. The summed E-state index contributed by atoms with van der Waals surface area (Å²) in [6.45, 7) is 3.96. The quantitative estimate of drug-likeness (QED) is 0.734. The van der Waals surface area contributed by atoms with Crippen molar-refractivity contribution in [1.29, 1.82) is 0 Å². The van der Waals surface area contributed by atoms with Gasteiger partial charge in [0.05, 0.1) is 12.3 Å². The van der Waals surface area contributed by atoms with Crippen molar-refractivity contribution in [1.82, 2.24) is 5.23 Å². The molecule has 1 rings (SSSR count). The van der Waals surface area contributed by atoms with Crippen LogP contribution in [0.25, 0.3) is 0 Å². The Bertz CT molecular complexity index is 236. The molecule has 1 aliphatic heterocycles. The lowest BCUT2D eigenvalue weighted by molar-refractivity contribution is -0.478. The molecule has 0 N–H and O–H groups in total. The molecule has 0 amide bonds. The number of rotatable bonds is 4. The van der Waals surface area contributed by atoms with E-state index in [1.54, 1.807) is 6.08 Å². The number of nitrogens with zero attached hydrogens (tertiary/aromatic N) is 1. The van der Waals surface area contributed by atoms with E-state index in [1.807, 2.05) is 13.8 Å². The van der Waals surface area contributed by atoms with E-state index < -0.39 is 6.36 Å². The molecule has 0 saturated heterocycles. The minimum Gasteiger partial charge on any atom is -0.244 e. The molecule has 1 aliphatic rings. The highest BCUT2D eigenvalue weighted by atomic mass is 19.4. The molecule has 0 aromatic rings. The van der Waals surface area contributed by atoms with Gasteiger partial charge in [0.15, 0.2) is 0 Å². The maximum atomic E-state index is 12.0. The number of alkyl halides is 3. The first-order valence-corrected chi connectivity index (χ1v) is 4.86. The summed E-state index contributed by atoms with van der Waals surface area (Å²) in [7, 11) is 0. The van der Waals surface area contributed by atoms with Crippen molar-refractivity contribution in [3.8, 4) is 0 Å². The van der Waals surface area contributed by atoms with Crippen LogP contribution in [0.15, 0.2) is 11.8 Å². The van der Waals surface area contributed by atoms with E-state index in [0.717, 1.165) is 12.8 Å². The predicted molar refractivity (Wildman–Crippen MR) is 47.1 cm³/mol. The normalized spacial score (nSPS) is 17.5. The van der Waals surface area contributed by atoms with Crippen molar-refractivity contribution in [3.05, 3.63) is 11.8 Å². The Morgan fingerprint density at radius 1 is 1.47 bits per heavy atom. The lowest BCUT2D eigenvalue weighted by Crippen LogP contribution is -2.30. The molecule has 0 spiro atoms. The van der Waals surface area contributed by atoms with E-state index in [9.17, 15) is 13.2 Å². The van der Waals surface area contributed by atoms with Gasteiger partial charge in [-0.25, -0.2) is 4.84 Å². The summed E-state index contributed by atoms with van der Waals surface area (Å²) in [5.41, 5.74) is 0.456. The molecule has 88 valence electrons. The largest absolute Gasteiger partial charge is 0.545 e. The summed E-state index contributed by atoms with van der Waals surface area (Å²) < 4.78 is 35.9. The van der Waals surface area contributed by atoms with Gasteiger partial charge < -0.3 is 0 Å². The van der Waals surface area contributed by atoms with Gasteiger partial charge in [0.25, 0.3) is 0 Å². The Balaban J connectivity index is 2.63. The number of halogens is 3. The van der Waals surface area contributed by atoms with Crippen molar-refractivity contribution in [2.45, 2.75) is 33.1 Å². The summed E-state index contributed by atoms with van der Waals surface area (Å²) in [4.78, 5) is 8.46. The molecule has 0 bridgehead atoms. The highest BCUT2D eigenvalue weighted by Gasteiger charge is 2.37. The maximum absolute atomic E-state index is 12.0. The molecule has 3 nitrogen and oxygen atoms in total. The first kappa shape index (κ1) is 12.3. The van der Waals surface area contributed by atoms with Crippen LogP contribution in [0.4, 0.5) is 13.2 Å². The average molecular weight is 225 g/mol. The van der Waals surface area contributed by atoms with Crippen LogP contribution < -0.4 is 0 Å². The van der Waals surface area contributed by atoms with Gasteiger partial charge in [0, 0.05) is 5.92 Å². The first-order valence-electron chi connectivity index (χ1n) is 4.86. The zero-order valence-corrected chi connectivity index (χ0v) is 8.67. The Hall–Kier alpha value is -0.750. The fourth-order valence-corrected chi connectivity index (χ4v) is 1.54. The third-order valence-electron chi connectivity index (χ3n) is 2.29. The molecule has 0 unspecified atom stereocenters. The van der Waals surface area contributed by atoms with Crippen LogP contribution in [0.1, 0.15) is 26.7 Å². The van der Waals surface area contributed by atoms with Gasteiger partial charge >= 0.3 is 6.36 Å². The third kappa shape index (κ3) is 3.39. The number of hydrogen-bond acceptors (Lipinski definition) is 3. The molecular weight excluding hydrogens is 211 g/mol. The summed E-state index contributed by atoms with van der Waals surface area (Å²) in [5.74, 6) is 0.0369. The van der Waals surface area contributed by atoms with E-state index in [4.69, 9.17) is 4.84 Å². The highest BCUT2D eigenvalue weighted by molar-refractivity contribution is 5.05. The number of hydrogen-bond donors (Lipinski definition) is 0. The fraction of sp³-hybridized carbons (Fsp3) is 0.778. The van der Waals surface area contributed by atoms with Gasteiger partial charge in [0.1, 0.15) is 0 Å². The standard InChI is InChI=1S/C9H14F3NO2/c1-3-7(4-2)8-5-6-14-13(8)15-9(10,11)12/h5,7H,3-4,6H2,1-2H3. The SMILES string of the molecule is CCC(CC)C1=CCON1OC(F)(F)F. The van der Waals surface area contributed by atoms with Gasteiger partial charge in [-0.05, 0) is 18.9 Å². The second kappa shape index (κ2) is 4.85. The van der Waals surface area contributed by atoms with Crippen LogP contribution in [0, 0.1) is 5.92 Å². The number of allylic oxidation sites excluding steroid dienone is 1. The average Bonchev–Trinajstić information content (AvgIpc) is 2.53. The smallest absolute Gasteiger partial charge is 0.244 e. The molecule has 1 heterocycles. The monoisotopic (exact) mass is 225 g/mol. The van der Waals surface area contributed by atoms with Crippen LogP contribution in [-0.2, 0) is 9.68 Å². The van der Waals surface area contributed by atoms with Crippen LogP contribution >= 0.6 is 0 Å². The van der Waals surface area contributed by atoms with Gasteiger partial charge in [-0.15, -0.1) is 23.2 Å². The minimum absolute atomic E-state index is 0.0369. The van der Waals surface area contributed by atoms with Crippen molar-refractivity contribution in [2.24, 2.45) is 5.92 Å². The fourth-order valence-electron chi connectivity index (χ4n) is 1.54. The van der Waals surface area contributed by atoms with E-state index in [2.05, 4.69) is 4.84 Å². The Kier molecular flexibility index (Phi) is 3.98. The molecule has 0 saturated carbocycles. The Labute approximate surface area is 86.4 Å². The zero-order valence-electron chi connectivity index (χ0n) is 8.67. The second-order valence-corrected chi connectivity index (χ2v) is 3.23.